The van der Waals surface area contributed by atoms with Crippen molar-refractivity contribution in [3.8, 4) is 33.8 Å². The summed E-state index contributed by atoms with van der Waals surface area (Å²) in [7, 11) is -4.75. The first-order chi connectivity index (χ1) is 40.1. The van der Waals surface area contributed by atoms with Gasteiger partial charge in [0.15, 0.2) is 10.2 Å². The third-order valence-electron chi connectivity index (χ3n) is 16.0. The van der Waals surface area contributed by atoms with Crippen molar-refractivity contribution in [2.24, 2.45) is 0 Å². The number of anilines is 1. The Morgan fingerprint density at radius 3 is 1.42 bits per heavy atom. The van der Waals surface area contributed by atoms with Crippen molar-refractivity contribution in [1.29, 1.82) is 0 Å². The number of halogens is 1. The largest absolute Gasteiger partial charge is 0.508 e. The van der Waals surface area contributed by atoms with Crippen LogP contribution in [0.2, 0.25) is 0 Å². The monoisotopic (exact) mass is 1210 g/mol. The third kappa shape index (κ3) is 14.1. The fourth-order valence-electron chi connectivity index (χ4n) is 11.4. The third-order valence-corrected chi connectivity index (χ3v) is 18.9. The second-order valence-electron chi connectivity index (χ2n) is 21.6. The highest BCUT2D eigenvalue weighted by Crippen LogP contribution is 2.47. The minimum absolute atomic E-state index is 0.0524. The molecule has 0 saturated carbocycles. The van der Waals surface area contributed by atoms with E-state index in [4.69, 9.17) is 24.4 Å². The second kappa shape index (κ2) is 26.6. The highest BCUT2D eigenvalue weighted by Gasteiger charge is 2.45. The molecule has 438 valence electrons. The van der Waals surface area contributed by atoms with E-state index >= 15 is 0 Å². The normalized spacial score (nSPS) is 18.9. The fraction of sp³-hybridized carbons (Fsp3) is 0.262. The van der Waals surface area contributed by atoms with Crippen molar-refractivity contribution >= 4 is 66.1 Å². The summed E-state index contributed by atoms with van der Waals surface area (Å²) >= 11 is 11.9. The van der Waals surface area contributed by atoms with Crippen LogP contribution in [-0.2, 0) is 9.13 Å². The van der Waals surface area contributed by atoms with E-state index in [1.807, 2.05) is 99.9 Å². The Bertz CT molecular complexity index is 3620. The van der Waals surface area contributed by atoms with E-state index in [1.165, 1.54) is 36.4 Å². The summed E-state index contributed by atoms with van der Waals surface area (Å²) in [4.78, 5) is 46.0. The lowest BCUT2D eigenvalue weighted by Crippen LogP contribution is -2.30. The van der Waals surface area contributed by atoms with Crippen LogP contribution in [0.25, 0.3) is 22.3 Å². The lowest BCUT2D eigenvalue weighted by Gasteiger charge is -2.30. The molecule has 3 aliphatic rings. The van der Waals surface area contributed by atoms with Crippen LogP contribution in [0.15, 0.2) is 188 Å². The summed E-state index contributed by atoms with van der Waals surface area (Å²) in [5.41, 5.74) is 8.96. The molecule has 0 spiro atoms. The number of benzene rings is 7. The molecule has 84 heavy (non-hydrogen) atoms. The van der Waals surface area contributed by atoms with Gasteiger partial charge in [-0.15, -0.1) is 0 Å². The number of phenolic OH excluding ortho intramolecular Hbond substituents is 2. The maximum atomic E-state index is 13.3. The van der Waals surface area contributed by atoms with Gasteiger partial charge < -0.3 is 59.6 Å². The summed E-state index contributed by atoms with van der Waals surface area (Å²) in [5, 5.41) is 45.5. The van der Waals surface area contributed by atoms with Gasteiger partial charge in [-0.2, -0.15) is 0 Å². The topological polar surface area (TPSA) is 209 Å². The van der Waals surface area contributed by atoms with Gasteiger partial charge in [0.05, 0.1) is 47.0 Å². The number of aliphatic hydroxyl groups is 2. The molecule has 6 atom stereocenters. The van der Waals surface area contributed by atoms with Crippen molar-refractivity contribution < 1.29 is 53.5 Å². The maximum Gasteiger partial charge on any atom is 0.356 e. The molecule has 19 heteroatoms. The molecule has 2 aliphatic heterocycles. The van der Waals surface area contributed by atoms with E-state index < -0.39 is 27.4 Å². The molecule has 2 saturated heterocycles. The zero-order chi connectivity index (χ0) is 60.0. The Balaban J connectivity index is 0.000000202. The van der Waals surface area contributed by atoms with Gasteiger partial charge in [-0.25, -0.2) is 4.39 Å². The van der Waals surface area contributed by atoms with E-state index in [9.17, 15) is 53.5 Å². The first-order valence-electron chi connectivity index (χ1n) is 27.8. The number of rotatable bonds is 18. The van der Waals surface area contributed by atoms with Crippen LogP contribution in [0.3, 0.4) is 0 Å². The highest BCUT2D eigenvalue weighted by atomic mass is 32.1. The number of aryl methyl sites for hydroxylation is 1. The average molecular weight is 1210 g/mol. The van der Waals surface area contributed by atoms with Crippen LogP contribution in [0, 0.1) is 12.7 Å². The van der Waals surface area contributed by atoms with E-state index in [1.54, 1.807) is 48.5 Å². The number of hydrogen-bond donors (Lipinski definition) is 8. The molecule has 0 aromatic heterocycles. The summed E-state index contributed by atoms with van der Waals surface area (Å²) in [5.74, 6) is -0.137. The Morgan fingerprint density at radius 1 is 0.560 bits per heavy atom. The van der Waals surface area contributed by atoms with Gasteiger partial charge in [-0.1, -0.05) is 121 Å². The minimum atomic E-state index is -4.35. The highest BCUT2D eigenvalue weighted by molar-refractivity contribution is 7.80. The van der Waals surface area contributed by atoms with Crippen LogP contribution in [0.1, 0.15) is 103 Å². The van der Waals surface area contributed by atoms with Gasteiger partial charge in [0.1, 0.15) is 17.3 Å². The van der Waals surface area contributed by atoms with Crippen molar-refractivity contribution in [3.05, 3.63) is 221 Å². The summed E-state index contributed by atoms with van der Waals surface area (Å²) in [6.07, 6.45) is 10.9. The number of thiocarbonyl (C=S) groups is 2. The molecule has 0 bridgehead atoms. The van der Waals surface area contributed by atoms with Gasteiger partial charge >= 0.3 is 15.2 Å². The van der Waals surface area contributed by atoms with Crippen molar-refractivity contribution in [2.45, 2.75) is 94.7 Å². The molecule has 2 heterocycles. The van der Waals surface area contributed by atoms with E-state index in [2.05, 4.69) is 37.8 Å². The van der Waals surface area contributed by atoms with Crippen molar-refractivity contribution in [2.75, 3.05) is 19.0 Å². The zero-order valence-corrected chi connectivity index (χ0v) is 50.1. The number of allylic oxidation sites excluding steroid dienone is 3. The maximum absolute atomic E-state index is 13.3. The lowest BCUT2D eigenvalue weighted by atomic mass is 9.91. The number of aromatic hydroxyl groups is 2. The smallest absolute Gasteiger partial charge is 0.356 e. The molecular formula is C65H69FN4O10P2S2. The van der Waals surface area contributed by atoms with Gasteiger partial charge in [-0.3, -0.25) is 9.13 Å². The molecule has 14 nitrogen and oxygen atoms in total. The lowest BCUT2D eigenvalue weighted by molar-refractivity contribution is 0.158. The molecule has 2 fully saturated rings. The van der Waals surface area contributed by atoms with Crippen LogP contribution >= 0.6 is 39.6 Å². The number of likely N-dealkylation sites (N-methyl/N-ethyl adjacent to an activating group) is 2. The van der Waals surface area contributed by atoms with Gasteiger partial charge in [0.25, 0.3) is 0 Å². The quantitative estimate of drug-likeness (QED) is 0.0297. The van der Waals surface area contributed by atoms with Crippen LogP contribution < -0.4 is 15.5 Å². The molecular weight excluding hydrogens is 1140 g/mol. The summed E-state index contributed by atoms with van der Waals surface area (Å²) < 4.78 is 36.5. The number of phenols is 2. The first-order valence-corrected chi connectivity index (χ1v) is 31.8. The van der Waals surface area contributed by atoms with E-state index in [0.29, 0.717) is 58.2 Å². The van der Waals surface area contributed by atoms with Crippen LogP contribution in [0.4, 0.5) is 10.1 Å². The predicted octanol–water partition coefficient (Wildman–Crippen LogP) is 12.3. The van der Waals surface area contributed by atoms with Crippen LogP contribution in [-0.4, -0.2) is 91.1 Å². The molecule has 10 rings (SSSR count). The summed E-state index contributed by atoms with van der Waals surface area (Å²) in [6.45, 7) is 2.03. The van der Waals surface area contributed by atoms with Crippen molar-refractivity contribution in [3.63, 3.8) is 0 Å². The van der Waals surface area contributed by atoms with Crippen LogP contribution in [0.5, 0.6) is 11.5 Å². The number of hydrogen-bond acceptors (Lipinski definition) is 8. The molecule has 8 N–H and O–H groups in total. The van der Waals surface area contributed by atoms with Gasteiger partial charge in [-0.05, 0) is 183 Å². The first kappa shape index (κ1) is 61.7. The molecule has 6 unspecified atom stereocenters. The predicted molar refractivity (Wildman–Crippen MR) is 337 cm³/mol. The average Bonchev–Trinajstić information content (AvgIpc) is 3.21. The van der Waals surface area contributed by atoms with E-state index in [-0.39, 0.29) is 52.1 Å². The molecule has 0 radical (unpaired) electrons. The Kier molecular flexibility index (Phi) is 19.5. The minimum Gasteiger partial charge on any atom is -0.508 e. The summed E-state index contributed by atoms with van der Waals surface area (Å²) in [6, 6.07) is 46.1. The number of nitrogens with zero attached hydrogens (tertiary/aromatic N) is 4. The Hall–Kier alpha value is -6.85. The second-order valence-corrected chi connectivity index (χ2v) is 25.5. The zero-order valence-electron chi connectivity index (χ0n) is 46.7. The standard InChI is InChI=1S/C33H35N2O5PS.C32H34FN2O5PS/c1-22-11-13-24(14-12-22)30(36)10-6-9-29-32(35(33(42)34(29)2)26-7-4-3-5-8-26)28-20-17-25(21-31(28)37)23-15-18-27(19-16-23)41(38,39)40;1-34-28(8-5-9-29(36)22-10-15-24(33)16-11-22)31(35(32(34)42)25-6-3-2-4-7-25)27-19-14-23(20-30(27)37)21-12-17-26(18-13-21)41(38,39)40/h3-5,7-8,11-21,29-30,32,36-37H,6,9-10H2,1-2H3,(H2,38,39,40);3,6-7,10-20,28-29,31,36-37H,2,4-5,8-9H2,1H3,(H2,38,39,40). The number of para-hydroxylation sites is 1. The van der Waals surface area contributed by atoms with Gasteiger partial charge in [0, 0.05) is 36.6 Å². The van der Waals surface area contributed by atoms with Gasteiger partial charge in [0.2, 0.25) is 0 Å². The van der Waals surface area contributed by atoms with Crippen molar-refractivity contribution in [1.82, 2.24) is 14.7 Å². The SMILES string of the molecule is CN1C(=S)N(C2=CCCC=C2)C(c2ccc(-c3ccc(P(=O)(O)O)cc3)cc2O)C1CCCC(O)c1ccc(F)cc1.Cc1ccc(C(O)CCCC2C(c3ccc(-c4ccc(P(=O)(O)O)cc4)cc3O)N(c3ccccc3)C(=S)N2C)cc1. The molecule has 7 aromatic carbocycles. The Morgan fingerprint density at radius 2 is 0.988 bits per heavy atom. The Labute approximate surface area is 500 Å². The van der Waals surface area contributed by atoms with E-state index in [0.717, 1.165) is 64.9 Å². The number of aliphatic hydroxyl groups excluding tert-OH is 2. The molecule has 7 aromatic rings. The molecule has 0 amide bonds. The fourth-order valence-corrected chi connectivity index (χ4v) is 13.2. The molecule has 1 aliphatic carbocycles.